The van der Waals surface area contributed by atoms with E-state index in [-0.39, 0.29) is 6.29 Å². The molecule has 4 unspecified atom stereocenters. The van der Waals surface area contributed by atoms with Crippen molar-refractivity contribution in [1.82, 2.24) is 0 Å². The van der Waals surface area contributed by atoms with Crippen LogP contribution in [0.2, 0.25) is 0 Å². The van der Waals surface area contributed by atoms with Crippen molar-refractivity contribution in [2.45, 2.75) is 24.4 Å². The van der Waals surface area contributed by atoms with E-state index >= 15 is 0 Å². The Balaban J connectivity index is 1.81. The van der Waals surface area contributed by atoms with Crippen LogP contribution >= 0.6 is 0 Å². The molecule has 0 fully saturated rings. The van der Waals surface area contributed by atoms with Gasteiger partial charge in [-0.05, 0) is 48.5 Å². The van der Waals surface area contributed by atoms with Crippen molar-refractivity contribution in [3.63, 3.8) is 0 Å². The summed E-state index contributed by atoms with van der Waals surface area (Å²) in [5.74, 6) is -19.2. The molecule has 0 aliphatic rings. The van der Waals surface area contributed by atoms with E-state index in [9.17, 15) is 90.4 Å². The quantitative estimate of drug-likeness (QED) is 0.0380. The monoisotopic (exact) mass is 788 g/mol. The fourth-order valence-corrected chi connectivity index (χ4v) is 4.66. The van der Waals surface area contributed by atoms with Crippen molar-refractivity contribution in [2.75, 3.05) is 6.61 Å². The van der Waals surface area contributed by atoms with Gasteiger partial charge in [0.05, 0.1) is 22.3 Å². The Morgan fingerprint density at radius 2 is 0.714 bits per heavy atom. The zero-order valence-corrected chi connectivity index (χ0v) is 27.7. The molecule has 4 aromatic rings. The molecule has 4 atom stereocenters. The first-order valence-electron chi connectivity index (χ1n) is 15.2. The third kappa shape index (κ3) is 8.78. The van der Waals surface area contributed by atoms with E-state index in [4.69, 9.17) is 18.9 Å². The van der Waals surface area contributed by atoms with Gasteiger partial charge < -0.3 is 85.3 Å². The average Bonchev–Trinajstić information content (AvgIpc) is 3.15. The predicted octanol–water partition coefficient (Wildman–Crippen LogP) is 0.547. The van der Waals surface area contributed by atoms with Crippen LogP contribution in [0.3, 0.4) is 0 Å². The number of phenolic OH excluding ortho intramolecular Hbond substituents is 12. The number of aldehydes is 1. The van der Waals surface area contributed by atoms with E-state index < -0.39 is 146 Å². The highest BCUT2D eigenvalue weighted by atomic mass is 16.6. The maximum atomic E-state index is 13.4. The maximum absolute atomic E-state index is 13.4. The Morgan fingerprint density at radius 1 is 0.446 bits per heavy atom. The van der Waals surface area contributed by atoms with Gasteiger partial charge in [0.25, 0.3) is 0 Å². The molecule has 0 spiro atoms. The van der Waals surface area contributed by atoms with Crippen LogP contribution < -0.4 is 0 Å². The number of aromatic hydroxyl groups is 12. The van der Waals surface area contributed by atoms with Crippen molar-refractivity contribution < 1.29 is 109 Å². The lowest BCUT2D eigenvalue weighted by atomic mass is 10.0. The molecule has 0 saturated heterocycles. The molecule has 4 rings (SSSR count). The summed E-state index contributed by atoms with van der Waals surface area (Å²) < 4.78 is 20.5. The SMILES string of the molecule is O=CC(OC(=O)c1cc(O)c(O)c(O)c1)C(OC(=O)c1cc(O)c(O)c(O)c1)C(OC(=O)c1cc(O)c(O)c(O)c1)C(O)COC(=O)c1cc(O)c(O)c(O)c1. The summed E-state index contributed by atoms with van der Waals surface area (Å²) >= 11 is 0. The topological polar surface area (TPSA) is 385 Å². The minimum absolute atomic E-state index is 0.262. The van der Waals surface area contributed by atoms with Gasteiger partial charge in [0, 0.05) is 0 Å². The molecule has 0 aliphatic carbocycles. The van der Waals surface area contributed by atoms with E-state index in [1.807, 2.05) is 0 Å². The van der Waals surface area contributed by atoms with E-state index in [1.165, 1.54) is 0 Å². The number of rotatable bonds is 13. The minimum atomic E-state index is -2.60. The molecule has 0 aliphatic heterocycles. The summed E-state index contributed by atoms with van der Waals surface area (Å²) in [6, 6.07) is 4.48. The molecule has 4 aromatic carbocycles. The van der Waals surface area contributed by atoms with Crippen LogP contribution in [0, 0.1) is 0 Å². The Labute approximate surface area is 310 Å². The second kappa shape index (κ2) is 16.3. The third-order valence-electron chi connectivity index (χ3n) is 7.50. The van der Waals surface area contributed by atoms with Crippen LogP contribution in [-0.2, 0) is 23.7 Å². The Kier molecular flexibility index (Phi) is 11.9. The van der Waals surface area contributed by atoms with E-state index in [0.29, 0.717) is 48.5 Å². The number of benzene rings is 4. The number of carbonyl (C=O) groups excluding carboxylic acids is 5. The third-order valence-corrected chi connectivity index (χ3v) is 7.50. The molecule has 296 valence electrons. The zero-order valence-electron chi connectivity index (χ0n) is 27.7. The van der Waals surface area contributed by atoms with Crippen LogP contribution in [-0.4, -0.2) is 128 Å². The number of carbonyl (C=O) groups is 5. The molecule has 0 radical (unpaired) electrons. The summed E-state index contributed by atoms with van der Waals surface area (Å²) in [4.78, 5) is 65.2. The highest BCUT2D eigenvalue weighted by molar-refractivity contribution is 5.94. The number of aliphatic hydroxyl groups is 1. The molecule has 13 N–H and O–H groups in total. The van der Waals surface area contributed by atoms with Gasteiger partial charge in [0.15, 0.2) is 93.6 Å². The van der Waals surface area contributed by atoms with Crippen LogP contribution in [0.1, 0.15) is 41.4 Å². The maximum Gasteiger partial charge on any atom is 0.339 e. The van der Waals surface area contributed by atoms with Gasteiger partial charge in [0.1, 0.15) is 12.7 Å². The molecule has 0 heterocycles. The van der Waals surface area contributed by atoms with Crippen molar-refractivity contribution in [2.24, 2.45) is 0 Å². The predicted molar refractivity (Wildman–Crippen MR) is 176 cm³/mol. The number of ether oxygens (including phenoxy) is 4. The summed E-state index contributed by atoms with van der Waals surface area (Å²) in [5.41, 5.74) is -3.00. The number of phenols is 12. The van der Waals surface area contributed by atoms with Gasteiger partial charge in [-0.1, -0.05) is 0 Å². The molecule has 0 bridgehead atoms. The van der Waals surface area contributed by atoms with Crippen molar-refractivity contribution >= 4 is 30.2 Å². The Bertz CT molecular complexity index is 2120. The van der Waals surface area contributed by atoms with Crippen molar-refractivity contribution in [3.8, 4) is 69.0 Å². The standard InChI is InChI=1S/C34H28O22/c35-9-24(54-32(50)12-3-17(38)26(46)18(39)4-12)30(56-34(52)14-7-21(42)28(48)22(43)8-14)29(55-33(51)13-5-19(40)27(47)20(41)6-13)23(44)10-53-31(49)11-1-15(36)25(45)16(37)2-11/h1-9,23-24,29-30,36-48H,10H2. The van der Waals surface area contributed by atoms with E-state index in [2.05, 4.69) is 0 Å². The number of hydrogen-bond donors (Lipinski definition) is 13. The molecule has 0 saturated carbocycles. The minimum Gasteiger partial charge on any atom is -0.504 e. The van der Waals surface area contributed by atoms with Crippen molar-refractivity contribution in [3.05, 3.63) is 70.8 Å². The van der Waals surface area contributed by atoms with Crippen LogP contribution in [0.5, 0.6) is 69.0 Å². The molecular weight excluding hydrogens is 760 g/mol. The number of hydrogen-bond acceptors (Lipinski definition) is 22. The first-order chi connectivity index (χ1) is 26.2. The fourth-order valence-electron chi connectivity index (χ4n) is 4.66. The highest BCUT2D eigenvalue weighted by Gasteiger charge is 2.44. The van der Waals surface area contributed by atoms with Gasteiger partial charge in [-0.15, -0.1) is 0 Å². The van der Waals surface area contributed by atoms with Gasteiger partial charge in [-0.25, -0.2) is 19.2 Å². The lowest BCUT2D eigenvalue weighted by Crippen LogP contribution is -2.52. The summed E-state index contributed by atoms with van der Waals surface area (Å²) in [5, 5.41) is 129. The van der Waals surface area contributed by atoms with Gasteiger partial charge in [0.2, 0.25) is 0 Å². The largest absolute Gasteiger partial charge is 0.504 e. The second-order valence-electron chi connectivity index (χ2n) is 11.4. The number of esters is 4. The van der Waals surface area contributed by atoms with E-state index in [1.54, 1.807) is 0 Å². The number of aliphatic hydroxyl groups excluding tert-OH is 1. The smallest absolute Gasteiger partial charge is 0.339 e. The fraction of sp³-hybridized carbons (Fsp3) is 0.147. The Morgan fingerprint density at radius 3 is 1.02 bits per heavy atom. The lowest BCUT2D eigenvalue weighted by Gasteiger charge is -2.32. The summed E-state index contributed by atoms with van der Waals surface area (Å²) in [6.45, 7) is -1.32. The first kappa shape index (κ1) is 40.8. The first-order valence-corrected chi connectivity index (χ1v) is 15.2. The summed E-state index contributed by atoms with van der Waals surface area (Å²) in [7, 11) is 0. The zero-order chi connectivity index (χ0) is 41.8. The molecular formula is C34H28O22. The van der Waals surface area contributed by atoms with Crippen LogP contribution in [0.25, 0.3) is 0 Å². The van der Waals surface area contributed by atoms with Crippen molar-refractivity contribution in [1.29, 1.82) is 0 Å². The molecule has 22 nitrogen and oxygen atoms in total. The van der Waals surface area contributed by atoms with E-state index in [0.717, 1.165) is 0 Å². The highest BCUT2D eigenvalue weighted by Crippen LogP contribution is 2.39. The van der Waals surface area contributed by atoms with Crippen LogP contribution in [0.4, 0.5) is 0 Å². The average molecular weight is 789 g/mol. The normalized spacial score (nSPS) is 13.0. The van der Waals surface area contributed by atoms with Gasteiger partial charge in [-0.2, -0.15) is 0 Å². The second-order valence-corrected chi connectivity index (χ2v) is 11.4. The van der Waals surface area contributed by atoms with Crippen LogP contribution in [0.15, 0.2) is 48.5 Å². The summed E-state index contributed by atoms with van der Waals surface area (Å²) in [6.07, 6.45) is -10.4. The molecule has 0 aromatic heterocycles. The Hall–Kier alpha value is -8.01. The van der Waals surface area contributed by atoms with Gasteiger partial charge in [-0.3, -0.25) is 4.79 Å². The molecule has 22 heteroatoms. The molecule has 0 amide bonds. The molecule has 56 heavy (non-hydrogen) atoms. The lowest BCUT2D eigenvalue weighted by molar-refractivity contribution is -0.142. The van der Waals surface area contributed by atoms with Gasteiger partial charge >= 0.3 is 23.9 Å².